The van der Waals surface area contributed by atoms with Crippen molar-refractivity contribution in [1.29, 1.82) is 0 Å². The zero-order chi connectivity index (χ0) is 21.6. The lowest BCUT2D eigenvalue weighted by molar-refractivity contribution is -0.116. The molecule has 1 heterocycles. The van der Waals surface area contributed by atoms with Gasteiger partial charge in [0.05, 0.1) is 11.5 Å². The number of ether oxygens (including phenoxy) is 1. The number of rotatable bonds is 9. The molecule has 1 N–H and O–H groups in total. The largest absolute Gasteiger partial charge is 0.494 e. The quantitative estimate of drug-likeness (QED) is 0.530. The Labute approximate surface area is 179 Å². The fourth-order valence-electron chi connectivity index (χ4n) is 2.59. The Hall–Kier alpha value is -2.91. The van der Waals surface area contributed by atoms with Crippen LogP contribution in [0, 0.1) is 0 Å². The maximum Gasteiger partial charge on any atom is 0.227 e. The molecule has 0 bridgehead atoms. The van der Waals surface area contributed by atoms with Gasteiger partial charge in [-0.1, -0.05) is 16.8 Å². The van der Waals surface area contributed by atoms with Gasteiger partial charge in [0.1, 0.15) is 11.5 Å². The maximum absolute atomic E-state index is 12.4. The maximum atomic E-state index is 12.4. The third kappa shape index (κ3) is 6.04. The van der Waals surface area contributed by atoms with E-state index in [9.17, 15) is 13.2 Å². The summed E-state index contributed by atoms with van der Waals surface area (Å²) in [6, 6.07) is 12.9. The van der Waals surface area contributed by atoms with Crippen molar-refractivity contribution in [3.8, 4) is 5.75 Å². The number of hydrogen-bond acceptors (Lipinski definition) is 7. The molecular weight excluding hydrogens is 430 g/mol. The van der Waals surface area contributed by atoms with Crippen LogP contribution >= 0.6 is 11.6 Å². The van der Waals surface area contributed by atoms with Gasteiger partial charge >= 0.3 is 0 Å². The highest BCUT2D eigenvalue weighted by molar-refractivity contribution is 7.90. The number of halogens is 1. The molecule has 3 aromatic rings. The van der Waals surface area contributed by atoms with Crippen molar-refractivity contribution in [2.75, 3.05) is 11.9 Å². The van der Waals surface area contributed by atoms with Gasteiger partial charge in [0, 0.05) is 23.6 Å². The molecule has 0 radical (unpaired) electrons. The van der Waals surface area contributed by atoms with E-state index < -0.39 is 15.6 Å². The molecule has 10 heteroatoms. The highest BCUT2D eigenvalue weighted by Gasteiger charge is 2.19. The second-order valence-corrected chi connectivity index (χ2v) is 8.75. The van der Waals surface area contributed by atoms with E-state index in [1.54, 1.807) is 24.3 Å². The summed E-state index contributed by atoms with van der Waals surface area (Å²) in [6.07, 6.45) is 0.301. The van der Waals surface area contributed by atoms with E-state index in [0.29, 0.717) is 17.3 Å². The predicted octanol–water partition coefficient (Wildman–Crippen LogP) is 3.67. The Morgan fingerprint density at radius 3 is 2.50 bits per heavy atom. The van der Waals surface area contributed by atoms with Gasteiger partial charge in [0.2, 0.25) is 11.8 Å². The number of carbonyl (C=O) groups is 1. The highest BCUT2D eigenvalue weighted by Crippen LogP contribution is 2.19. The van der Waals surface area contributed by atoms with Crippen LogP contribution in [0.1, 0.15) is 25.1 Å². The van der Waals surface area contributed by atoms with Gasteiger partial charge in [0.25, 0.3) is 0 Å². The molecule has 8 nitrogen and oxygen atoms in total. The van der Waals surface area contributed by atoms with Crippen molar-refractivity contribution < 1.29 is 22.5 Å². The van der Waals surface area contributed by atoms with Crippen LogP contribution in [-0.2, 0) is 26.8 Å². The molecule has 0 atom stereocenters. The summed E-state index contributed by atoms with van der Waals surface area (Å²) < 4.78 is 35.3. The summed E-state index contributed by atoms with van der Waals surface area (Å²) in [4.78, 5) is 16.3. The van der Waals surface area contributed by atoms with E-state index in [1.807, 2.05) is 6.92 Å². The molecule has 158 valence electrons. The fraction of sp³-hybridized carbons (Fsp3) is 0.250. The Kier molecular flexibility index (Phi) is 7.07. The van der Waals surface area contributed by atoms with Gasteiger partial charge in [0.15, 0.2) is 15.7 Å². The number of carbonyl (C=O) groups excluding carboxylic acids is 1. The minimum Gasteiger partial charge on any atom is -0.494 e. The number of amides is 1. The van der Waals surface area contributed by atoms with Crippen LogP contribution in [0.4, 0.5) is 5.69 Å². The second-order valence-electron chi connectivity index (χ2n) is 6.32. The summed E-state index contributed by atoms with van der Waals surface area (Å²) in [5.41, 5.74) is 0.642. The summed E-state index contributed by atoms with van der Waals surface area (Å²) in [7, 11) is -3.63. The first kappa shape index (κ1) is 21.8. The summed E-state index contributed by atoms with van der Waals surface area (Å²) in [6.45, 7) is 2.46. The zero-order valence-corrected chi connectivity index (χ0v) is 17.7. The number of benzene rings is 2. The lowest BCUT2D eigenvalue weighted by Crippen LogP contribution is -2.12. The van der Waals surface area contributed by atoms with Crippen LogP contribution in [-0.4, -0.2) is 31.1 Å². The van der Waals surface area contributed by atoms with Gasteiger partial charge in [-0.25, -0.2) is 8.42 Å². The van der Waals surface area contributed by atoms with Gasteiger partial charge in [-0.3, -0.25) is 4.79 Å². The first-order chi connectivity index (χ1) is 14.4. The van der Waals surface area contributed by atoms with E-state index in [1.165, 1.54) is 24.3 Å². The van der Waals surface area contributed by atoms with Crippen LogP contribution in [0.15, 0.2) is 57.9 Å². The van der Waals surface area contributed by atoms with Gasteiger partial charge in [-0.05, 0) is 55.5 Å². The molecule has 2 aromatic carbocycles. The van der Waals surface area contributed by atoms with E-state index >= 15 is 0 Å². The number of nitrogens with one attached hydrogen (secondary N) is 1. The molecular formula is C20H20ClN3O5S. The van der Waals surface area contributed by atoms with Crippen molar-refractivity contribution >= 4 is 33.0 Å². The molecule has 0 saturated carbocycles. The zero-order valence-electron chi connectivity index (χ0n) is 16.2. The third-order valence-electron chi connectivity index (χ3n) is 4.02. The van der Waals surface area contributed by atoms with Crippen LogP contribution < -0.4 is 10.1 Å². The van der Waals surface area contributed by atoms with Gasteiger partial charge in [-0.15, -0.1) is 0 Å². The molecule has 3 rings (SSSR count). The molecule has 0 saturated heterocycles. The molecule has 0 fully saturated rings. The smallest absolute Gasteiger partial charge is 0.227 e. The molecule has 1 aromatic heterocycles. The molecule has 0 spiro atoms. The lowest BCUT2D eigenvalue weighted by Gasteiger charge is -2.06. The first-order valence-corrected chi connectivity index (χ1v) is 11.2. The van der Waals surface area contributed by atoms with E-state index in [-0.39, 0.29) is 35.4 Å². The van der Waals surface area contributed by atoms with Crippen LogP contribution in [0.5, 0.6) is 5.75 Å². The molecule has 0 unspecified atom stereocenters. The van der Waals surface area contributed by atoms with Gasteiger partial charge in [-0.2, -0.15) is 4.98 Å². The van der Waals surface area contributed by atoms with Gasteiger partial charge < -0.3 is 14.6 Å². The monoisotopic (exact) mass is 449 g/mol. The molecule has 1 amide bonds. The number of anilines is 1. The molecule has 0 aliphatic heterocycles. The summed E-state index contributed by atoms with van der Waals surface area (Å²) in [5, 5.41) is 6.90. The minimum absolute atomic E-state index is 0.0341. The van der Waals surface area contributed by atoms with Crippen molar-refractivity contribution in [2.45, 2.75) is 30.4 Å². The van der Waals surface area contributed by atoms with Crippen molar-refractivity contribution in [3.63, 3.8) is 0 Å². The van der Waals surface area contributed by atoms with E-state index in [0.717, 1.165) is 5.75 Å². The Morgan fingerprint density at radius 2 is 1.83 bits per heavy atom. The Bertz CT molecular complexity index is 1100. The van der Waals surface area contributed by atoms with Crippen LogP contribution in [0.2, 0.25) is 5.02 Å². The third-order valence-corrected chi connectivity index (χ3v) is 5.90. The number of sulfone groups is 1. The number of nitrogens with zero attached hydrogens (tertiary/aromatic N) is 2. The standard InChI is InChI=1S/C20H20ClN3O5S/c1-2-28-16-7-5-15(6-8-16)22-19(25)11-12-20-23-18(24-29-20)13-30(26,27)17-9-3-14(21)4-10-17/h3-10H,2,11-13H2,1H3,(H,22,25). The molecule has 0 aliphatic carbocycles. The van der Waals surface area contributed by atoms with Crippen molar-refractivity contribution in [1.82, 2.24) is 10.1 Å². The summed E-state index contributed by atoms with van der Waals surface area (Å²) >= 11 is 5.78. The Morgan fingerprint density at radius 1 is 1.13 bits per heavy atom. The molecule has 30 heavy (non-hydrogen) atoms. The van der Waals surface area contributed by atoms with Crippen molar-refractivity contribution in [2.24, 2.45) is 0 Å². The lowest BCUT2D eigenvalue weighted by atomic mass is 10.2. The minimum atomic E-state index is -3.63. The Balaban J connectivity index is 1.52. The van der Waals surface area contributed by atoms with E-state index in [2.05, 4.69) is 15.5 Å². The topological polar surface area (TPSA) is 111 Å². The fourth-order valence-corrected chi connectivity index (χ4v) is 3.89. The van der Waals surface area contributed by atoms with E-state index in [4.69, 9.17) is 20.9 Å². The van der Waals surface area contributed by atoms with Crippen LogP contribution in [0.3, 0.4) is 0 Å². The number of aromatic nitrogens is 2. The molecule has 0 aliphatic rings. The normalized spacial score (nSPS) is 11.3. The SMILES string of the molecule is CCOc1ccc(NC(=O)CCc2nc(CS(=O)(=O)c3ccc(Cl)cc3)no2)cc1. The number of aryl methyl sites for hydroxylation is 1. The summed E-state index contributed by atoms with van der Waals surface area (Å²) in [5.74, 6) is 0.316. The average molecular weight is 450 g/mol. The van der Waals surface area contributed by atoms with Crippen LogP contribution in [0.25, 0.3) is 0 Å². The predicted molar refractivity (Wildman–Crippen MR) is 111 cm³/mol. The number of hydrogen-bond donors (Lipinski definition) is 1. The average Bonchev–Trinajstić information content (AvgIpc) is 3.15. The first-order valence-electron chi connectivity index (χ1n) is 9.18. The second kappa shape index (κ2) is 9.73. The highest BCUT2D eigenvalue weighted by atomic mass is 35.5. The van der Waals surface area contributed by atoms with Crippen molar-refractivity contribution in [3.05, 3.63) is 65.3 Å².